The molecule has 0 radical (unpaired) electrons. The van der Waals surface area contributed by atoms with Crippen LogP contribution in [-0.4, -0.2) is 45.7 Å². The molecule has 2 amide bonds. The maximum Gasteiger partial charge on any atom is 0.246 e. The van der Waals surface area contributed by atoms with Crippen molar-refractivity contribution in [2.24, 2.45) is 5.92 Å². The number of para-hydroxylation sites is 1. The van der Waals surface area contributed by atoms with Gasteiger partial charge in [0.15, 0.2) is 0 Å². The van der Waals surface area contributed by atoms with Gasteiger partial charge in [-0.05, 0) is 33.9 Å². The van der Waals surface area contributed by atoms with E-state index in [2.05, 4.69) is 55.2 Å². The molecule has 0 bridgehead atoms. The Labute approximate surface area is 193 Å². The number of aromatic nitrogens is 1. The molecule has 2 atom stereocenters. The number of aromatic amines is 1. The predicted octanol–water partition coefficient (Wildman–Crippen LogP) is 4.66. The number of carbonyl (C=O) groups is 2. The van der Waals surface area contributed by atoms with Crippen molar-refractivity contribution in [1.29, 1.82) is 0 Å². The summed E-state index contributed by atoms with van der Waals surface area (Å²) in [4.78, 5) is 34.5. The summed E-state index contributed by atoms with van der Waals surface area (Å²) < 4.78 is 0. The van der Waals surface area contributed by atoms with Gasteiger partial charge in [0.25, 0.3) is 0 Å². The van der Waals surface area contributed by atoms with Gasteiger partial charge < -0.3 is 14.8 Å². The third kappa shape index (κ3) is 3.06. The van der Waals surface area contributed by atoms with Gasteiger partial charge in [-0.25, -0.2) is 0 Å². The average Bonchev–Trinajstić information content (AvgIpc) is 3.19. The van der Waals surface area contributed by atoms with Crippen molar-refractivity contribution >= 4 is 33.5 Å². The zero-order valence-electron chi connectivity index (χ0n) is 18.9. The Morgan fingerprint density at radius 2 is 1.67 bits per heavy atom. The number of benzene rings is 3. The summed E-state index contributed by atoms with van der Waals surface area (Å²) in [5.41, 5.74) is 4.29. The van der Waals surface area contributed by atoms with Gasteiger partial charge in [0.05, 0.1) is 12.6 Å². The molecular weight excluding hydrogens is 410 g/mol. The summed E-state index contributed by atoms with van der Waals surface area (Å²) >= 11 is 0. The van der Waals surface area contributed by atoms with Crippen LogP contribution in [0.25, 0.3) is 21.7 Å². The van der Waals surface area contributed by atoms with Crippen LogP contribution in [-0.2, 0) is 16.0 Å². The number of rotatable bonds is 3. The quantitative estimate of drug-likeness (QED) is 0.507. The number of nitrogens with zero attached hydrogens (tertiary/aromatic N) is 2. The van der Waals surface area contributed by atoms with Gasteiger partial charge in [0.1, 0.15) is 6.04 Å². The first-order valence-corrected chi connectivity index (χ1v) is 11.7. The van der Waals surface area contributed by atoms with Crippen LogP contribution in [0.15, 0.2) is 66.7 Å². The molecule has 33 heavy (non-hydrogen) atoms. The van der Waals surface area contributed by atoms with Crippen molar-refractivity contribution in [3.63, 3.8) is 0 Å². The number of carbonyl (C=O) groups excluding carboxylic acids is 2. The Balaban J connectivity index is 1.59. The summed E-state index contributed by atoms with van der Waals surface area (Å²) in [7, 11) is 0. The molecule has 166 valence electrons. The molecular formula is C28H27N3O2. The molecule has 1 N–H and O–H groups in total. The first kappa shape index (κ1) is 20.0. The zero-order valence-corrected chi connectivity index (χ0v) is 18.9. The van der Waals surface area contributed by atoms with Crippen LogP contribution < -0.4 is 0 Å². The Morgan fingerprint density at radius 1 is 0.939 bits per heavy atom. The van der Waals surface area contributed by atoms with Gasteiger partial charge >= 0.3 is 0 Å². The van der Waals surface area contributed by atoms with Gasteiger partial charge in [0.2, 0.25) is 11.8 Å². The Hall–Kier alpha value is -3.60. The standard InChI is InChI=1S/C28H27N3O2/c1-17(2)15-30-16-25(32)31-24(28(30)33)14-22-20-11-5-6-13-23(20)29-26(22)27(31)21-12-7-9-18-8-3-4-10-19(18)21/h3-13,17,24,27,29H,14-16H2,1-2H3/t24-,27+/m0/s1. The van der Waals surface area contributed by atoms with E-state index in [4.69, 9.17) is 0 Å². The van der Waals surface area contributed by atoms with Crippen LogP contribution in [0.5, 0.6) is 0 Å². The predicted molar refractivity (Wildman–Crippen MR) is 130 cm³/mol. The third-order valence-corrected chi connectivity index (χ3v) is 7.05. The highest BCUT2D eigenvalue weighted by molar-refractivity contribution is 5.98. The molecule has 5 heteroatoms. The van der Waals surface area contributed by atoms with E-state index in [1.807, 2.05) is 35.2 Å². The van der Waals surface area contributed by atoms with Crippen molar-refractivity contribution in [3.8, 4) is 0 Å². The number of fused-ring (bicyclic) bond motifs is 5. The van der Waals surface area contributed by atoms with E-state index in [-0.39, 0.29) is 24.4 Å². The Bertz CT molecular complexity index is 1400. The second-order valence-corrected chi connectivity index (χ2v) is 9.67. The molecule has 0 spiro atoms. The number of hydrogen-bond donors (Lipinski definition) is 1. The molecule has 2 aliphatic heterocycles. The SMILES string of the molecule is CC(C)CN1CC(=O)N2[C@H](c3cccc4ccccc34)c3[nH]c4ccccc4c3C[C@H]2C1=O. The molecule has 1 saturated heterocycles. The van der Waals surface area contributed by atoms with Crippen LogP contribution >= 0.6 is 0 Å². The Morgan fingerprint density at radius 3 is 2.48 bits per heavy atom. The lowest BCUT2D eigenvalue weighted by Gasteiger charge is -2.47. The van der Waals surface area contributed by atoms with E-state index in [0.717, 1.165) is 38.5 Å². The molecule has 3 aromatic carbocycles. The molecule has 2 aliphatic rings. The number of H-pyrrole nitrogens is 1. The minimum absolute atomic E-state index is 0.0162. The molecule has 0 aliphatic carbocycles. The van der Waals surface area contributed by atoms with Crippen LogP contribution in [0.2, 0.25) is 0 Å². The summed E-state index contributed by atoms with van der Waals surface area (Å²) in [6.07, 6.45) is 0.541. The van der Waals surface area contributed by atoms with Crippen LogP contribution in [0, 0.1) is 5.92 Å². The van der Waals surface area contributed by atoms with Gasteiger partial charge in [-0.2, -0.15) is 0 Å². The highest BCUT2D eigenvalue weighted by Crippen LogP contribution is 2.44. The average molecular weight is 438 g/mol. The first-order chi connectivity index (χ1) is 16.0. The highest BCUT2D eigenvalue weighted by atomic mass is 16.2. The summed E-state index contributed by atoms with van der Waals surface area (Å²) in [5.74, 6) is 0.390. The van der Waals surface area contributed by atoms with Crippen molar-refractivity contribution < 1.29 is 9.59 Å². The molecule has 1 fully saturated rings. The fraction of sp³-hybridized carbons (Fsp3) is 0.286. The topological polar surface area (TPSA) is 56.4 Å². The van der Waals surface area contributed by atoms with Gasteiger partial charge in [0, 0.05) is 29.6 Å². The smallest absolute Gasteiger partial charge is 0.246 e. The molecule has 1 aromatic heterocycles. The van der Waals surface area contributed by atoms with Crippen molar-refractivity contribution in [3.05, 3.63) is 83.6 Å². The zero-order chi connectivity index (χ0) is 22.7. The number of amides is 2. The lowest BCUT2D eigenvalue weighted by atomic mass is 9.84. The van der Waals surface area contributed by atoms with Gasteiger partial charge in [-0.15, -0.1) is 0 Å². The third-order valence-electron chi connectivity index (χ3n) is 7.05. The largest absolute Gasteiger partial charge is 0.356 e. The first-order valence-electron chi connectivity index (χ1n) is 11.7. The minimum atomic E-state index is -0.485. The van der Waals surface area contributed by atoms with Crippen molar-refractivity contribution in [2.45, 2.75) is 32.4 Å². The minimum Gasteiger partial charge on any atom is -0.356 e. The fourth-order valence-corrected chi connectivity index (χ4v) is 5.73. The second-order valence-electron chi connectivity index (χ2n) is 9.67. The van der Waals surface area contributed by atoms with Crippen LogP contribution in [0.4, 0.5) is 0 Å². The molecule has 4 aromatic rings. The lowest BCUT2D eigenvalue weighted by Crippen LogP contribution is -2.63. The van der Waals surface area contributed by atoms with E-state index < -0.39 is 6.04 Å². The van der Waals surface area contributed by atoms with E-state index in [0.29, 0.717) is 18.9 Å². The normalized spacial score (nSPS) is 20.6. The second kappa shape index (κ2) is 7.48. The summed E-state index contributed by atoms with van der Waals surface area (Å²) in [6, 6.07) is 21.9. The fourth-order valence-electron chi connectivity index (χ4n) is 5.73. The van der Waals surface area contributed by atoms with Crippen LogP contribution in [0.1, 0.15) is 36.7 Å². The van der Waals surface area contributed by atoms with Crippen molar-refractivity contribution in [1.82, 2.24) is 14.8 Å². The number of nitrogens with one attached hydrogen (secondary N) is 1. The summed E-state index contributed by atoms with van der Waals surface area (Å²) in [6.45, 7) is 4.92. The Kier molecular flexibility index (Phi) is 4.54. The maximum absolute atomic E-state index is 13.7. The van der Waals surface area contributed by atoms with E-state index >= 15 is 0 Å². The van der Waals surface area contributed by atoms with Gasteiger partial charge in [-0.1, -0.05) is 74.5 Å². The van der Waals surface area contributed by atoms with E-state index in [1.165, 1.54) is 0 Å². The lowest BCUT2D eigenvalue weighted by molar-refractivity contribution is -0.159. The molecule has 0 unspecified atom stereocenters. The van der Waals surface area contributed by atoms with Crippen molar-refractivity contribution in [2.75, 3.05) is 13.1 Å². The summed E-state index contributed by atoms with van der Waals surface area (Å²) in [5, 5.41) is 3.38. The molecule has 0 saturated carbocycles. The molecule has 3 heterocycles. The monoisotopic (exact) mass is 437 g/mol. The number of hydrogen-bond acceptors (Lipinski definition) is 2. The van der Waals surface area contributed by atoms with Crippen LogP contribution in [0.3, 0.4) is 0 Å². The van der Waals surface area contributed by atoms with E-state index in [9.17, 15) is 9.59 Å². The maximum atomic E-state index is 13.7. The highest BCUT2D eigenvalue weighted by Gasteiger charge is 2.48. The molecule has 5 nitrogen and oxygen atoms in total. The number of piperazine rings is 1. The molecule has 6 rings (SSSR count). The van der Waals surface area contributed by atoms with E-state index in [1.54, 1.807) is 4.90 Å². The van der Waals surface area contributed by atoms with Gasteiger partial charge in [-0.3, -0.25) is 9.59 Å².